The second-order valence-electron chi connectivity index (χ2n) is 7.36. The van der Waals surface area contributed by atoms with Gasteiger partial charge in [-0.2, -0.15) is 4.31 Å². The molecule has 1 N–H and O–H groups in total. The van der Waals surface area contributed by atoms with E-state index in [-0.39, 0.29) is 22.9 Å². The Labute approximate surface area is 175 Å². The first-order valence-electron chi connectivity index (χ1n) is 9.30. The Kier molecular flexibility index (Phi) is 5.17. The van der Waals surface area contributed by atoms with Gasteiger partial charge in [0.25, 0.3) is 10.0 Å². The van der Waals surface area contributed by atoms with E-state index in [1.807, 2.05) is 0 Å². The molecule has 11 heteroatoms. The molecule has 0 spiro atoms. The van der Waals surface area contributed by atoms with Gasteiger partial charge in [-0.15, -0.1) is 0 Å². The highest BCUT2D eigenvalue weighted by molar-refractivity contribution is 7.92. The van der Waals surface area contributed by atoms with Crippen molar-refractivity contribution in [2.24, 2.45) is 0 Å². The number of hydrogen-bond acceptors (Lipinski definition) is 7. The zero-order chi connectivity index (χ0) is 21.6. The third-order valence-corrected chi connectivity index (χ3v) is 7.96. The van der Waals surface area contributed by atoms with Crippen LogP contribution in [0.1, 0.15) is 13.8 Å². The summed E-state index contributed by atoms with van der Waals surface area (Å²) in [6.45, 7) is 4.72. The fourth-order valence-corrected chi connectivity index (χ4v) is 5.68. The summed E-state index contributed by atoms with van der Waals surface area (Å²) in [6.07, 6.45) is 0. The van der Waals surface area contributed by atoms with Crippen molar-refractivity contribution in [3.8, 4) is 11.5 Å². The molecule has 0 atom stereocenters. The molecular weight excluding hydrogens is 432 g/mol. The summed E-state index contributed by atoms with van der Waals surface area (Å²) in [5.74, 6) is 0.148. The quantitative estimate of drug-likeness (QED) is 0.736. The lowest BCUT2D eigenvalue weighted by atomic mass is 10.3. The zero-order valence-electron chi connectivity index (χ0n) is 16.5. The first kappa shape index (κ1) is 20.9. The molecule has 0 saturated carbocycles. The molecule has 0 bridgehead atoms. The highest BCUT2D eigenvalue weighted by Crippen LogP contribution is 2.41. The van der Waals surface area contributed by atoms with Crippen molar-refractivity contribution in [2.75, 3.05) is 31.0 Å². The van der Waals surface area contributed by atoms with Crippen molar-refractivity contribution in [3.63, 3.8) is 0 Å². The minimum atomic E-state index is -3.92. The van der Waals surface area contributed by atoms with Gasteiger partial charge in [0.2, 0.25) is 15.8 Å². The van der Waals surface area contributed by atoms with E-state index in [4.69, 9.17) is 14.2 Å². The van der Waals surface area contributed by atoms with Crippen LogP contribution in [-0.2, 0) is 24.8 Å². The Morgan fingerprint density at radius 2 is 1.47 bits per heavy atom. The van der Waals surface area contributed by atoms with Crippen LogP contribution in [-0.4, -0.2) is 53.2 Å². The van der Waals surface area contributed by atoms with Crippen LogP contribution in [0.5, 0.6) is 11.5 Å². The predicted molar refractivity (Wildman–Crippen MR) is 109 cm³/mol. The molecular formula is C19H22N2O7S2. The van der Waals surface area contributed by atoms with Crippen LogP contribution < -0.4 is 14.2 Å². The topological polar surface area (TPSA) is 111 Å². The second-order valence-corrected chi connectivity index (χ2v) is 11.0. The van der Waals surface area contributed by atoms with E-state index in [1.54, 1.807) is 32.0 Å². The SMILES string of the molecule is CC1(C)Oc2ccc(NS(=O)(=O)c3ccc(S(=O)(=O)N4CCOCC4)cc3)cc2O1. The van der Waals surface area contributed by atoms with Crippen molar-refractivity contribution in [2.45, 2.75) is 29.4 Å². The smallest absolute Gasteiger partial charge is 0.261 e. The Bertz CT molecular complexity index is 1150. The normalized spacial score (nSPS) is 18.9. The molecule has 2 heterocycles. The van der Waals surface area contributed by atoms with Gasteiger partial charge in [0.05, 0.1) is 28.7 Å². The molecule has 2 aromatic rings. The largest absolute Gasteiger partial charge is 0.449 e. The summed E-state index contributed by atoms with van der Waals surface area (Å²) in [6, 6.07) is 9.86. The van der Waals surface area contributed by atoms with Gasteiger partial charge in [-0.1, -0.05) is 0 Å². The van der Waals surface area contributed by atoms with Gasteiger partial charge in [0, 0.05) is 33.0 Å². The van der Waals surface area contributed by atoms with E-state index < -0.39 is 25.8 Å². The van der Waals surface area contributed by atoms with Gasteiger partial charge in [-0.05, 0) is 36.4 Å². The fraction of sp³-hybridized carbons (Fsp3) is 0.368. The summed E-state index contributed by atoms with van der Waals surface area (Å²) in [4.78, 5) is -0.0184. The first-order chi connectivity index (χ1) is 14.1. The fourth-order valence-electron chi connectivity index (χ4n) is 3.23. The molecule has 0 aromatic heterocycles. The number of nitrogens with zero attached hydrogens (tertiary/aromatic N) is 1. The zero-order valence-corrected chi connectivity index (χ0v) is 18.1. The monoisotopic (exact) mass is 454 g/mol. The van der Waals surface area contributed by atoms with E-state index >= 15 is 0 Å². The Morgan fingerprint density at radius 1 is 0.867 bits per heavy atom. The van der Waals surface area contributed by atoms with Crippen LogP contribution >= 0.6 is 0 Å². The number of benzene rings is 2. The summed E-state index contributed by atoms with van der Waals surface area (Å²) < 4.78 is 71.0. The van der Waals surface area contributed by atoms with Crippen molar-refractivity contribution in [1.82, 2.24) is 4.31 Å². The predicted octanol–water partition coefficient (Wildman–Crippen LogP) is 2.02. The standard InChI is InChI=1S/C19H22N2O7S2/c1-19(2)27-17-8-3-14(13-18(17)28-19)20-29(22,23)15-4-6-16(7-5-15)30(24,25)21-9-11-26-12-10-21/h3-8,13,20H,9-12H2,1-2H3. The third-order valence-electron chi connectivity index (χ3n) is 4.65. The molecule has 9 nitrogen and oxygen atoms in total. The van der Waals surface area contributed by atoms with Crippen LogP contribution in [0.4, 0.5) is 5.69 Å². The van der Waals surface area contributed by atoms with Gasteiger partial charge in [-0.3, -0.25) is 4.72 Å². The lowest BCUT2D eigenvalue weighted by Gasteiger charge is -2.26. The summed E-state index contributed by atoms with van der Waals surface area (Å²) in [5.41, 5.74) is 0.306. The number of hydrogen-bond donors (Lipinski definition) is 1. The summed E-state index contributed by atoms with van der Waals surface area (Å²) in [7, 11) is -7.61. The Morgan fingerprint density at radius 3 is 2.13 bits per heavy atom. The minimum Gasteiger partial charge on any atom is -0.449 e. The Hall–Kier alpha value is -2.34. The molecule has 0 unspecified atom stereocenters. The summed E-state index contributed by atoms with van der Waals surface area (Å²) in [5, 5.41) is 0. The third kappa shape index (κ3) is 4.10. The molecule has 0 aliphatic carbocycles. The maximum absolute atomic E-state index is 12.7. The number of anilines is 1. The van der Waals surface area contributed by atoms with Gasteiger partial charge < -0.3 is 14.2 Å². The first-order valence-corrected chi connectivity index (χ1v) is 12.2. The average Bonchev–Trinajstić information content (AvgIpc) is 3.01. The van der Waals surface area contributed by atoms with E-state index in [9.17, 15) is 16.8 Å². The van der Waals surface area contributed by atoms with Gasteiger partial charge in [0.15, 0.2) is 11.5 Å². The molecule has 1 saturated heterocycles. The number of ether oxygens (including phenoxy) is 3. The van der Waals surface area contributed by atoms with Crippen LogP contribution in [0.15, 0.2) is 52.3 Å². The van der Waals surface area contributed by atoms with Gasteiger partial charge >= 0.3 is 0 Å². The van der Waals surface area contributed by atoms with Crippen LogP contribution in [0.25, 0.3) is 0 Å². The van der Waals surface area contributed by atoms with E-state index in [0.29, 0.717) is 30.4 Å². The molecule has 0 amide bonds. The lowest BCUT2D eigenvalue weighted by Crippen LogP contribution is -2.40. The van der Waals surface area contributed by atoms with Crippen LogP contribution in [0, 0.1) is 0 Å². The average molecular weight is 455 g/mol. The maximum Gasteiger partial charge on any atom is 0.261 e. The van der Waals surface area contributed by atoms with Gasteiger partial charge in [-0.25, -0.2) is 16.8 Å². The molecule has 1 fully saturated rings. The van der Waals surface area contributed by atoms with Crippen molar-refractivity contribution < 1.29 is 31.0 Å². The van der Waals surface area contributed by atoms with Crippen LogP contribution in [0.3, 0.4) is 0 Å². The van der Waals surface area contributed by atoms with E-state index in [1.165, 1.54) is 28.6 Å². The number of fused-ring (bicyclic) bond motifs is 1. The highest BCUT2D eigenvalue weighted by Gasteiger charge is 2.32. The summed E-state index contributed by atoms with van der Waals surface area (Å²) >= 11 is 0. The molecule has 4 rings (SSSR count). The molecule has 2 aromatic carbocycles. The van der Waals surface area contributed by atoms with Crippen molar-refractivity contribution in [1.29, 1.82) is 0 Å². The van der Waals surface area contributed by atoms with Crippen LogP contribution in [0.2, 0.25) is 0 Å². The number of rotatable bonds is 5. The van der Waals surface area contributed by atoms with Crippen molar-refractivity contribution in [3.05, 3.63) is 42.5 Å². The van der Waals surface area contributed by atoms with Gasteiger partial charge in [0.1, 0.15) is 0 Å². The van der Waals surface area contributed by atoms with E-state index in [0.717, 1.165) is 0 Å². The lowest BCUT2D eigenvalue weighted by molar-refractivity contribution is -0.0431. The highest BCUT2D eigenvalue weighted by atomic mass is 32.2. The second kappa shape index (κ2) is 7.41. The molecule has 30 heavy (non-hydrogen) atoms. The van der Waals surface area contributed by atoms with E-state index in [2.05, 4.69) is 4.72 Å². The Balaban J connectivity index is 1.53. The molecule has 2 aliphatic rings. The molecule has 0 radical (unpaired) electrons. The number of nitrogens with one attached hydrogen (secondary N) is 1. The minimum absolute atomic E-state index is 0.0358. The number of morpholine rings is 1. The molecule has 162 valence electrons. The molecule has 2 aliphatic heterocycles. The maximum atomic E-state index is 12.7. The van der Waals surface area contributed by atoms with Crippen molar-refractivity contribution >= 4 is 25.7 Å². The number of sulfonamides is 2.